The average Bonchev–Trinajstić information content (AvgIpc) is 3.50. The molecule has 51 heavy (non-hydrogen) atoms. The van der Waals surface area contributed by atoms with Crippen LogP contribution in [0.5, 0.6) is 0 Å². The molecule has 0 spiro atoms. The highest BCUT2D eigenvalue weighted by Gasteiger charge is 2.46. The first kappa shape index (κ1) is 30.2. The Hall–Kier alpha value is -5.66. The molecular weight excluding hydrogens is 659 g/mol. The highest BCUT2D eigenvalue weighted by atomic mass is 35.5. The van der Waals surface area contributed by atoms with E-state index in [1.165, 1.54) is 65.7 Å². The van der Waals surface area contributed by atoms with Gasteiger partial charge in [0.2, 0.25) is 0 Å². The van der Waals surface area contributed by atoms with Crippen molar-refractivity contribution >= 4 is 55.5 Å². The molecule has 0 saturated heterocycles. The number of hydrogen-bond donors (Lipinski definition) is 0. The first-order valence-electron chi connectivity index (χ1n) is 17.3. The molecule has 0 amide bonds. The van der Waals surface area contributed by atoms with Gasteiger partial charge in [0, 0.05) is 0 Å². The fourth-order valence-corrected chi connectivity index (χ4v) is 9.04. The number of fused-ring (bicyclic) bond motifs is 8. The fraction of sp³-hybridized carbons (Fsp3) is 0.0204. The highest BCUT2D eigenvalue weighted by molar-refractivity contribution is 6.42. The maximum absolute atomic E-state index is 6.91. The van der Waals surface area contributed by atoms with Crippen LogP contribution >= 0.6 is 23.2 Å². The maximum atomic E-state index is 6.91. The lowest BCUT2D eigenvalue weighted by Gasteiger charge is -2.34. The van der Waals surface area contributed by atoms with Crippen LogP contribution in [0.1, 0.15) is 22.3 Å². The Labute approximate surface area is 307 Å². The summed E-state index contributed by atoms with van der Waals surface area (Å²) in [5.74, 6) is 0. The molecule has 0 unspecified atom stereocenters. The zero-order chi connectivity index (χ0) is 34.1. The molecule has 1 aliphatic carbocycles. The van der Waals surface area contributed by atoms with Gasteiger partial charge in [-0.3, -0.25) is 0 Å². The third kappa shape index (κ3) is 4.47. The van der Waals surface area contributed by atoms with Gasteiger partial charge in [0.15, 0.2) is 0 Å². The van der Waals surface area contributed by atoms with Crippen LogP contribution in [0.25, 0.3) is 65.7 Å². The van der Waals surface area contributed by atoms with Gasteiger partial charge in [-0.25, -0.2) is 0 Å². The van der Waals surface area contributed by atoms with Gasteiger partial charge in [0.05, 0.1) is 15.5 Å². The minimum atomic E-state index is -0.542. The summed E-state index contributed by atoms with van der Waals surface area (Å²) in [4.78, 5) is 0. The third-order valence-electron chi connectivity index (χ3n) is 10.9. The van der Waals surface area contributed by atoms with E-state index < -0.39 is 5.41 Å². The molecule has 0 aromatic heterocycles. The minimum absolute atomic E-state index is 0.535. The van der Waals surface area contributed by atoms with E-state index in [9.17, 15) is 0 Å². The van der Waals surface area contributed by atoms with Crippen molar-refractivity contribution < 1.29 is 0 Å². The van der Waals surface area contributed by atoms with E-state index in [4.69, 9.17) is 23.2 Å². The van der Waals surface area contributed by atoms with E-state index in [2.05, 4.69) is 176 Å². The molecule has 1 aliphatic rings. The van der Waals surface area contributed by atoms with Crippen molar-refractivity contribution in [3.05, 3.63) is 214 Å². The lowest BCUT2D eigenvalue weighted by atomic mass is 9.67. The molecule has 0 N–H and O–H groups in total. The standard InChI is InChI=1S/C49H30Cl2/c50-46-29-41(43(30-47(46)51)42-27-32-14-8-9-19-36(32)38-21-11-12-22-39(38)42)33-23-25-40-45(28-33)49(34-15-3-1-4-16-34,35-17-5-2-6-18-35)44-26-24-31-13-7-10-20-37(31)48(40)44/h1-30H. The maximum Gasteiger partial charge on any atom is 0.0714 e. The van der Waals surface area contributed by atoms with Gasteiger partial charge in [-0.2, -0.15) is 0 Å². The van der Waals surface area contributed by atoms with Crippen LogP contribution < -0.4 is 0 Å². The molecule has 0 aliphatic heterocycles. The van der Waals surface area contributed by atoms with E-state index in [0.717, 1.165) is 22.3 Å². The van der Waals surface area contributed by atoms with Gasteiger partial charge in [-0.15, -0.1) is 0 Å². The molecule has 0 heterocycles. The van der Waals surface area contributed by atoms with Crippen molar-refractivity contribution in [2.45, 2.75) is 5.41 Å². The van der Waals surface area contributed by atoms with E-state index in [-0.39, 0.29) is 0 Å². The van der Waals surface area contributed by atoms with Crippen LogP contribution in [0.3, 0.4) is 0 Å². The summed E-state index contributed by atoms with van der Waals surface area (Å²) in [7, 11) is 0. The lowest BCUT2D eigenvalue weighted by Crippen LogP contribution is -2.28. The summed E-state index contributed by atoms with van der Waals surface area (Å²) in [5.41, 5.74) is 11.3. The summed E-state index contributed by atoms with van der Waals surface area (Å²) < 4.78 is 0. The predicted octanol–water partition coefficient (Wildman–Crippen LogP) is 14.2. The Kier molecular flexibility index (Phi) is 6.93. The third-order valence-corrected chi connectivity index (χ3v) is 11.6. The Balaban J connectivity index is 1.31. The molecule has 0 radical (unpaired) electrons. The van der Waals surface area contributed by atoms with E-state index >= 15 is 0 Å². The second-order valence-corrected chi connectivity index (χ2v) is 14.3. The predicted molar refractivity (Wildman–Crippen MR) is 217 cm³/mol. The Morgan fingerprint density at radius 3 is 1.61 bits per heavy atom. The van der Waals surface area contributed by atoms with Crippen molar-refractivity contribution in [1.29, 1.82) is 0 Å². The summed E-state index contributed by atoms with van der Waals surface area (Å²) in [6.07, 6.45) is 0. The number of hydrogen-bond acceptors (Lipinski definition) is 0. The van der Waals surface area contributed by atoms with Gasteiger partial charge in [-0.05, 0) is 112 Å². The van der Waals surface area contributed by atoms with Gasteiger partial charge in [0.25, 0.3) is 0 Å². The lowest BCUT2D eigenvalue weighted by molar-refractivity contribution is 0.769. The van der Waals surface area contributed by atoms with Crippen molar-refractivity contribution in [1.82, 2.24) is 0 Å². The second-order valence-electron chi connectivity index (χ2n) is 13.5. The van der Waals surface area contributed by atoms with Gasteiger partial charge in [0.1, 0.15) is 0 Å². The fourth-order valence-electron chi connectivity index (χ4n) is 8.71. The molecule has 0 fully saturated rings. The molecule has 2 heteroatoms. The van der Waals surface area contributed by atoms with Crippen LogP contribution in [-0.4, -0.2) is 0 Å². The van der Waals surface area contributed by atoms with Gasteiger partial charge < -0.3 is 0 Å². The topological polar surface area (TPSA) is 0 Å². The van der Waals surface area contributed by atoms with Crippen LogP contribution in [0.15, 0.2) is 182 Å². The molecule has 0 saturated carbocycles. The normalized spacial score (nSPS) is 13.1. The highest BCUT2D eigenvalue weighted by Crippen LogP contribution is 2.58. The quantitative estimate of drug-likeness (QED) is 0.161. The smallest absolute Gasteiger partial charge is 0.0714 e. The average molecular weight is 690 g/mol. The molecule has 0 atom stereocenters. The largest absolute Gasteiger partial charge is 0.0827 e. The van der Waals surface area contributed by atoms with E-state index in [1.807, 2.05) is 6.07 Å². The summed E-state index contributed by atoms with van der Waals surface area (Å²) in [6, 6.07) is 66.0. The van der Waals surface area contributed by atoms with Crippen LogP contribution in [-0.2, 0) is 5.41 Å². The second kappa shape index (κ2) is 11.7. The van der Waals surface area contributed by atoms with E-state index in [0.29, 0.717) is 10.0 Å². The summed E-state index contributed by atoms with van der Waals surface area (Å²) in [5, 5.41) is 8.38. The Bertz CT molecular complexity index is 2780. The van der Waals surface area contributed by atoms with E-state index in [1.54, 1.807) is 0 Å². The molecule has 10 rings (SSSR count). The van der Waals surface area contributed by atoms with Crippen molar-refractivity contribution in [3.8, 4) is 33.4 Å². The molecule has 0 nitrogen and oxygen atoms in total. The van der Waals surface area contributed by atoms with Gasteiger partial charge >= 0.3 is 0 Å². The van der Waals surface area contributed by atoms with Crippen molar-refractivity contribution in [2.24, 2.45) is 0 Å². The van der Waals surface area contributed by atoms with Crippen LogP contribution in [0, 0.1) is 0 Å². The van der Waals surface area contributed by atoms with Crippen LogP contribution in [0.4, 0.5) is 0 Å². The number of rotatable bonds is 4. The first-order valence-corrected chi connectivity index (χ1v) is 18.1. The van der Waals surface area contributed by atoms with Crippen LogP contribution in [0.2, 0.25) is 10.0 Å². The molecule has 0 bridgehead atoms. The van der Waals surface area contributed by atoms with Crippen molar-refractivity contribution in [2.75, 3.05) is 0 Å². The van der Waals surface area contributed by atoms with Crippen molar-refractivity contribution in [3.63, 3.8) is 0 Å². The molecule has 240 valence electrons. The SMILES string of the molecule is Clc1cc(-c2ccc3c(c2)C(c2ccccc2)(c2ccccc2)c2ccc4ccccc4c2-3)c(-c2cc3ccccc3c3ccccc23)cc1Cl. The van der Waals surface area contributed by atoms with Gasteiger partial charge in [-0.1, -0.05) is 181 Å². The molecule has 9 aromatic carbocycles. The number of benzene rings is 9. The Morgan fingerprint density at radius 1 is 0.333 bits per heavy atom. The zero-order valence-electron chi connectivity index (χ0n) is 27.6. The molecular formula is C49H30Cl2. The zero-order valence-corrected chi connectivity index (χ0v) is 29.1. The monoisotopic (exact) mass is 688 g/mol. The summed E-state index contributed by atoms with van der Waals surface area (Å²) in [6.45, 7) is 0. The summed E-state index contributed by atoms with van der Waals surface area (Å²) >= 11 is 13.8. The number of halogens is 2. The first-order chi connectivity index (χ1) is 25.1. The Morgan fingerprint density at radius 2 is 0.902 bits per heavy atom. The minimum Gasteiger partial charge on any atom is -0.0827 e. The molecule has 9 aromatic rings.